The van der Waals surface area contributed by atoms with Gasteiger partial charge in [-0.05, 0) is 177 Å². The zero-order valence-corrected chi connectivity index (χ0v) is 83.3. The zero-order chi connectivity index (χ0) is 106. The van der Waals surface area contributed by atoms with Crippen LogP contribution in [0.1, 0.15) is 160 Å². The van der Waals surface area contributed by atoms with Crippen LogP contribution in [0.5, 0.6) is 11.5 Å². The molecule has 38 heteroatoms. The molecule has 3 aromatic carbocycles. The van der Waals surface area contributed by atoms with Gasteiger partial charge in [-0.2, -0.15) is 0 Å². The first kappa shape index (κ1) is 121. The van der Waals surface area contributed by atoms with E-state index in [1.165, 1.54) is 67.5 Å². The van der Waals surface area contributed by atoms with Crippen molar-refractivity contribution in [2.45, 2.75) is 204 Å². The Labute approximate surface area is 822 Å². The number of benzene rings is 3. The highest BCUT2D eigenvalue weighted by molar-refractivity contribution is 5.92. The van der Waals surface area contributed by atoms with E-state index >= 15 is 0 Å². The molecule has 0 spiro atoms. The van der Waals surface area contributed by atoms with Crippen LogP contribution in [-0.4, -0.2) is 224 Å². The van der Waals surface area contributed by atoms with Crippen molar-refractivity contribution in [3.63, 3.8) is 0 Å². The Hall–Kier alpha value is -14.6. The normalized spacial score (nSPS) is 16.0. The highest BCUT2D eigenvalue weighted by atomic mass is 16.7. The molecule has 0 bridgehead atoms. The first-order chi connectivity index (χ1) is 66.0. The van der Waals surface area contributed by atoms with E-state index in [0.717, 1.165) is 31.4 Å². The van der Waals surface area contributed by atoms with Crippen molar-refractivity contribution in [3.8, 4) is 11.5 Å². The second-order valence-electron chi connectivity index (χ2n) is 36.4. The van der Waals surface area contributed by atoms with Gasteiger partial charge in [0.15, 0.2) is 36.6 Å². The van der Waals surface area contributed by atoms with Crippen molar-refractivity contribution in [2.24, 2.45) is 27.6 Å². The number of alkyl carbamates (subject to hydrolysis) is 2. The fourth-order valence-electron chi connectivity index (χ4n) is 14.3. The SMILES string of the molecule is C=C(C)C(=O)OCC(COC(=O)C(=C)C)OC(=O)CCC1(C)CC(NC(=O)OC(COC(=O)C(=C)C)COC(=O)C(=C)C)CC(C)(C)C1.C=C(C)C(=O)OCC(COC(=O)C(=C)C)OC(=O)Nc1ccc(C)c(NC(=O)OC(COC(=O)C(=C)C)COC(=O)C(=C)C)c1.C=CC(=O)OCC(COc1ccccc1)OC(=O)CC1CC(C)(C)CC(C)(CNC(=O)OC(COC(=O)C=C)COc2ccccc2)C1. The first-order valence-corrected chi connectivity index (χ1v) is 44.9. The molecule has 0 heterocycles. The summed E-state index contributed by atoms with van der Waals surface area (Å²) in [5.41, 5.74) is 0.941. The molecule has 6 atom stereocenters. The Morgan fingerprint density at radius 2 is 0.681 bits per heavy atom. The number of ether oxygens (including phenoxy) is 18. The first-order valence-electron chi connectivity index (χ1n) is 44.9. The van der Waals surface area contributed by atoms with Crippen molar-refractivity contribution in [1.82, 2.24) is 10.6 Å². The van der Waals surface area contributed by atoms with Crippen LogP contribution in [0.15, 0.2) is 201 Å². The molecule has 2 saturated carbocycles. The van der Waals surface area contributed by atoms with Gasteiger partial charge in [-0.3, -0.25) is 20.2 Å². The lowest BCUT2D eigenvalue weighted by atomic mass is 9.60. The number of nitrogens with one attached hydrogen (secondary N) is 4. The smallest absolute Gasteiger partial charge is 0.412 e. The molecule has 4 amide bonds. The van der Waals surface area contributed by atoms with Crippen molar-refractivity contribution in [3.05, 3.63) is 207 Å². The molecule has 4 N–H and O–H groups in total. The van der Waals surface area contributed by atoms with E-state index in [2.05, 4.69) is 122 Å². The number of carbonyl (C=O) groups excluding carboxylic acids is 16. The molecule has 2 aliphatic carbocycles. The van der Waals surface area contributed by atoms with Gasteiger partial charge >= 0.3 is 96.0 Å². The lowest BCUT2D eigenvalue weighted by Gasteiger charge is -2.47. The highest BCUT2D eigenvalue weighted by Gasteiger charge is 2.45. The zero-order valence-electron chi connectivity index (χ0n) is 83.3. The highest BCUT2D eigenvalue weighted by Crippen LogP contribution is 2.50. The van der Waals surface area contributed by atoms with Gasteiger partial charge in [0.25, 0.3) is 0 Å². The van der Waals surface area contributed by atoms with Gasteiger partial charge in [0.1, 0.15) is 90.8 Å². The fraction of sp³-hybridized carbons (Fsp3) is 0.476. The van der Waals surface area contributed by atoms with E-state index in [4.69, 9.17) is 85.3 Å². The number of aryl methyl sites for hydroxylation is 1. The summed E-state index contributed by atoms with van der Waals surface area (Å²) in [7, 11) is 0. The molecule has 5 rings (SSSR count). The molecule has 0 aromatic heterocycles. The minimum absolute atomic E-state index is 0.00422. The van der Waals surface area contributed by atoms with Crippen LogP contribution in [0.4, 0.5) is 30.6 Å². The van der Waals surface area contributed by atoms with Crippen molar-refractivity contribution >= 4 is 107 Å². The number of anilines is 2. The van der Waals surface area contributed by atoms with E-state index in [1.807, 2.05) is 43.3 Å². The Morgan fingerprint density at radius 3 is 1.06 bits per heavy atom. The number of para-hydroxylation sites is 2. The summed E-state index contributed by atoms with van der Waals surface area (Å²) in [6, 6.07) is 22.2. The largest absolute Gasteiger partial charge is 0.490 e. The van der Waals surface area contributed by atoms with E-state index in [0.29, 0.717) is 49.3 Å². The Morgan fingerprint density at radius 1 is 0.362 bits per heavy atom. The number of hydrogen-bond acceptors (Lipinski definition) is 34. The van der Waals surface area contributed by atoms with Crippen LogP contribution in [0.2, 0.25) is 0 Å². The fourth-order valence-corrected chi connectivity index (χ4v) is 14.3. The van der Waals surface area contributed by atoms with Crippen LogP contribution in [0.3, 0.4) is 0 Å². The van der Waals surface area contributed by atoms with Gasteiger partial charge in [0.2, 0.25) is 0 Å². The number of rotatable bonds is 52. The third kappa shape index (κ3) is 50.5. The number of carbonyl (C=O) groups is 16. The van der Waals surface area contributed by atoms with Crippen LogP contribution < -0.4 is 30.7 Å². The van der Waals surface area contributed by atoms with Crippen LogP contribution in [0, 0.1) is 34.5 Å². The Bertz CT molecular complexity index is 4850. The standard InChI is InChI=1S/C37H47NO10.C35H51NO12.C31H38N2O12/c1-6-32(39)45-23-30(21-43-28-14-10-8-11-15-28)47-34(41)18-27-19-36(3,4)25-37(5,20-27)26-38-35(42)48-31(24-46-33(40)7-2)22-44-29-16-12-9-13-17-29;1-21(2)29(38)43-16-26(17-44-30(39)22(3)4)47-28(37)12-13-35(11)15-25(14-34(9,10)20-35)36-33(42)48-27(18-45-31(40)23(5)6)19-46-32(41)24(7)8;1-17(2)26(34)40-13-23(14-41-27(35)18(3)4)44-30(38)32-22-11-10-21(9)25(12-22)33-31(39)45-24(15-42-28(36)19(5)6)16-43-29(37)20(7)8/h6-17,27,30-31H,1-2,18-26H2,3-5H3,(H,38,42);25-27H,1,3,5,7,12-20H2,2,4,6,8-11H3,(H,36,42);10-12,23-24H,1,3,5,7,13-16H2,2,4,6,8-9H3,(H,32,38)(H,33,39). The van der Waals surface area contributed by atoms with E-state index in [9.17, 15) is 76.7 Å². The van der Waals surface area contributed by atoms with Crippen LogP contribution in [-0.2, 0) is 133 Å². The lowest BCUT2D eigenvalue weighted by molar-refractivity contribution is -0.165. The number of hydrogen-bond donors (Lipinski definition) is 4. The molecule has 0 aliphatic heterocycles. The maximum absolute atomic E-state index is 13.2. The van der Waals surface area contributed by atoms with Crippen LogP contribution >= 0.6 is 0 Å². The monoisotopic (exact) mass is 1970 g/mol. The summed E-state index contributed by atoms with van der Waals surface area (Å²) in [6.45, 7) is 57.2. The third-order valence-electron chi connectivity index (χ3n) is 20.3. The summed E-state index contributed by atoms with van der Waals surface area (Å²) in [6.07, 6.45) is -2.87. The van der Waals surface area contributed by atoms with Crippen molar-refractivity contribution in [1.29, 1.82) is 0 Å². The van der Waals surface area contributed by atoms with Gasteiger partial charge in [-0.15, -0.1) is 0 Å². The molecular weight excluding hydrogens is 1840 g/mol. The minimum atomic E-state index is -1.18. The van der Waals surface area contributed by atoms with Gasteiger partial charge in [-0.1, -0.05) is 150 Å². The molecule has 2 aliphatic rings. The average Bonchev–Trinajstić information content (AvgIpc) is 0.808. The second kappa shape index (κ2) is 60.3. The van der Waals surface area contributed by atoms with Gasteiger partial charge in [-0.25, -0.2) is 67.1 Å². The quantitative estimate of drug-likeness (QED) is 0.0232. The number of amides is 4. The van der Waals surface area contributed by atoms with Gasteiger partial charge < -0.3 is 95.9 Å². The summed E-state index contributed by atoms with van der Waals surface area (Å²) >= 11 is 0. The van der Waals surface area contributed by atoms with Crippen molar-refractivity contribution < 1.29 is 162 Å². The summed E-state index contributed by atoms with van der Waals surface area (Å²) in [4.78, 5) is 195. The summed E-state index contributed by atoms with van der Waals surface area (Å²) in [5.74, 6) is -6.80. The Kier molecular flexibility index (Phi) is 51.5. The van der Waals surface area contributed by atoms with E-state index in [-0.39, 0.29) is 150 Å². The maximum Gasteiger partial charge on any atom is 0.412 e. The molecule has 141 heavy (non-hydrogen) atoms. The maximum atomic E-state index is 13.2. The topological polar surface area (TPSA) is 487 Å². The molecule has 772 valence electrons. The van der Waals surface area contributed by atoms with Crippen molar-refractivity contribution in [2.75, 3.05) is 96.5 Å². The molecular formula is C103H136N4O34. The van der Waals surface area contributed by atoms with Crippen LogP contribution in [0.25, 0.3) is 0 Å². The third-order valence-corrected chi connectivity index (χ3v) is 20.3. The molecule has 0 radical (unpaired) electrons. The molecule has 3 aromatic rings. The summed E-state index contributed by atoms with van der Waals surface area (Å²) < 4.78 is 95.2. The summed E-state index contributed by atoms with van der Waals surface area (Å²) in [5, 5.41) is 10.7. The molecule has 2 fully saturated rings. The predicted octanol–water partition coefficient (Wildman–Crippen LogP) is 15.0. The lowest BCUT2D eigenvalue weighted by Crippen LogP contribution is -2.48. The minimum Gasteiger partial charge on any atom is -0.490 e. The molecule has 6 unspecified atom stereocenters. The van der Waals surface area contributed by atoms with E-state index in [1.54, 1.807) is 37.3 Å². The Balaban J connectivity index is 0.000000544. The van der Waals surface area contributed by atoms with Gasteiger partial charge in [0, 0.05) is 93.5 Å². The molecule has 38 nitrogen and oxygen atoms in total. The average molecular weight is 1970 g/mol. The predicted molar refractivity (Wildman–Crippen MR) is 515 cm³/mol. The van der Waals surface area contributed by atoms with Gasteiger partial charge in [0.05, 0.1) is 0 Å². The van der Waals surface area contributed by atoms with E-state index < -0.39 is 164 Å². The molecule has 0 saturated heterocycles. The second-order valence-corrected chi connectivity index (χ2v) is 36.4. The number of esters is 12.